The molecule has 2 aromatic rings. The minimum atomic E-state index is -0.987. The maximum absolute atomic E-state index is 12.9. The van der Waals surface area contributed by atoms with Crippen molar-refractivity contribution < 1.29 is 4.79 Å². The lowest BCUT2D eigenvalue weighted by molar-refractivity contribution is -0.124. The smallest absolute Gasteiger partial charge is 0.238 e. The van der Waals surface area contributed by atoms with Gasteiger partial charge in [0.15, 0.2) is 0 Å². The maximum Gasteiger partial charge on any atom is 0.238 e. The summed E-state index contributed by atoms with van der Waals surface area (Å²) in [6.45, 7) is 6.17. The monoisotopic (exact) mass is 404 g/mol. The van der Waals surface area contributed by atoms with Gasteiger partial charge in [-0.05, 0) is 23.0 Å². The minimum Gasteiger partial charge on any atom is -0.336 e. The van der Waals surface area contributed by atoms with Crippen LogP contribution < -0.4 is 16.4 Å². The van der Waals surface area contributed by atoms with Crippen molar-refractivity contribution in [3.05, 3.63) is 71.8 Å². The van der Waals surface area contributed by atoms with Gasteiger partial charge in [-0.2, -0.15) is 5.26 Å². The van der Waals surface area contributed by atoms with E-state index in [1.54, 1.807) is 0 Å². The van der Waals surface area contributed by atoms with Gasteiger partial charge in [0.05, 0.1) is 12.1 Å². The molecule has 3 unspecified atom stereocenters. The zero-order valence-corrected chi connectivity index (χ0v) is 18.1. The second kappa shape index (κ2) is 8.99. The number of rotatable bonds is 5. The highest BCUT2D eigenvalue weighted by Crippen LogP contribution is 2.38. The number of piperidine rings is 1. The average Bonchev–Trinajstić information content (AvgIpc) is 2.73. The lowest BCUT2D eigenvalue weighted by atomic mass is 9.77. The molecule has 5 heteroatoms. The Kier molecular flexibility index (Phi) is 6.60. The highest BCUT2D eigenvalue weighted by Gasteiger charge is 2.43. The zero-order chi connectivity index (χ0) is 21.8. The maximum atomic E-state index is 12.9. The lowest BCUT2D eigenvalue weighted by Gasteiger charge is -2.42. The first-order chi connectivity index (χ1) is 14.2. The van der Waals surface area contributed by atoms with Crippen LogP contribution in [0.5, 0.6) is 0 Å². The Morgan fingerprint density at radius 1 is 1.10 bits per heavy atom. The normalized spacial score (nSPS) is 25.2. The van der Waals surface area contributed by atoms with Crippen LogP contribution in [0.3, 0.4) is 0 Å². The van der Waals surface area contributed by atoms with Gasteiger partial charge in [-0.3, -0.25) is 4.79 Å². The number of benzene rings is 2. The second-order valence-corrected chi connectivity index (χ2v) is 9.56. The molecule has 1 aliphatic heterocycles. The largest absolute Gasteiger partial charge is 0.336 e. The van der Waals surface area contributed by atoms with Crippen LogP contribution in [0.4, 0.5) is 0 Å². The first kappa shape index (κ1) is 22.0. The Morgan fingerprint density at radius 2 is 1.57 bits per heavy atom. The summed E-state index contributed by atoms with van der Waals surface area (Å²) < 4.78 is 0. The molecule has 3 rings (SSSR count). The van der Waals surface area contributed by atoms with Gasteiger partial charge in [0.25, 0.3) is 0 Å². The van der Waals surface area contributed by atoms with E-state index in [1.807, 2.05) is 36.4 Å². The molecule has 158 valence electrons. The SMILES string of the molecule is CC(C)(C)CC(N)C(=O)NC1(C#N)CC(c2ccccc2)NC(c2ccccc2)C1. The summed E-state index contributed by atoms with van der Waals surface area (Å²) in [5.74, 6) is -0.257. The Bertz CT molecular complexity index is 835. The highest BCUT2D eigenvalue weighted by molar-refractivity contribution is 5.82. The molecule has 0 bridgehead atoms. The molecule has 1 heterocycles. The number of hydrogen-bond donors (Lipinski definition) is 3. The summed E-state index contributed by atoms with van der Waals surface area (Å²) in [6.07, 6.45) is 1.54. The topological polar surface area (TPSA) is 90.9 Å². The number of nitrogens with one attached hydrogen (secondary N) is 2. The number of nitriles is 1. The van der Waals surface area contributed by atoms with Crippen LogP contribution in [0.2, 0.25) is 0 Å². The van der Waals surface area contributed by atoms with Crippen LogP contribution in [-0.4, -0.2) is 17.5 Å². The summed E-state index contributed by atoms with van der Waals surface area (Å²) in [5.41, 5.74) is 7.34. The van der Waals surface area contributed by atoms with Gasteiger partial charge in [0, 0.05) is 24.9 Å². The molecule has 0 aromatic heterocycles. The molecular weight excluding hydrogens is 372 g/mol. The van der Waals surface area contributed by atoms with Gasteiger partial charge < -0.3 is 16.4 Å². The second-order valence-electron chi connectivity index (χ2n) is 9.56. The van der Waals surface area contributed by atoms with Gasteiger partial charge in [-0.1, -0.05) is 81.4 Å². The Hall–Kier alpha value is -2.68. The van der Waals surface area contributed by atoms with Gasteiger partial charge in [-0.15, -0.1) is 0 Å². The summed E-state index contributed by atoms with van der Waals surface area (Å²) >= 11 is 0. The molecule has 1 aliphatic rings. The van der Waals surface area contributed by atoms with Crippen molar-refractivity contribution >= 4 is 5.91 Å². The lowest BCUT2D eigenvalue weighted by Crippen LogP contribution is -2.58. The van der Waals surface area contributed by atoms with Gasteiger partial charge in [0.2, 0.25) is 5.91 Å². The van der Waals surface area contributed by atoms with E-state index in [1.165, 1.54) is 0 Å². The molecule has 30 heavy (non-hydrogen) atoms. The van der Waals surface area contributed by atoms with Crippen LogP contribution in [0.1, 0.15) is 63.2 Å². The van der Waals surface area contributed by atoms with E-state index in [0.717, 1.165) is 11.1 Å². The molecule has 4 N–H and O–H groups in total. The molecule has 1 fully saturated rings. The summed E-state index contributed by atoms with van der Waals surface area (Å²) in [4.78, 5) is 12.9. The average molecular weight is 405 g/mol. The molecule has 5 nitrogen and oxygen atoms in total. The highest BCUT2D eigenvalue weighted by atomic mass is 16.2. The molecule has 0 aliphatic carbocycles. The summed E-state index contributed by atoms with van der Waals surface area (Å²) in [5, 5.41) is 16.9. The molecule has 0 radical (unpaired) electrons. The fraction of sp³-hybridized carbons (Fsp3) is 0.440. The van der Waals surface area contributed by atoms with Crippen molar-refractivity contribution in [2.75, 3.05) is 0 Å². The Balaban J connectivity index is 1.89. The minimum absolute atomic E-state index is 0.0519. The van der Waals surface area contributed by atoms with Crippen molar-refractivity contribution in [1.29, 1.82) is 5.26 Å². The third-order valence-corrected chi connectivity index (χ3v) is 5.66. The fourth-order valence-electron chi connectivity index (χ4n) is 4.24. The van der Waals surface area contributed by atoms with E-state index in [9.17, 15) is 10.1 Å². The molecule has 3 atom stereocenters. The van der Waals surface area contributed by atoms with E-state index < -0.39 is 11.6 Å². The molecule has 0 saturated carbocycles. The van der Waals surface area contributed by atoms with E-state index in [-0.39, 0.29) is 23.4 Å². The van der Waals surface area contributed by atoms with E-state index in [0.29, 0.717) is 19.3 Å². The zero-order valence-electron chi connectivity index (χ0n) is 18.1. The van der Waals surface area contributed by atoms with E-state index >= 15 is 0 Å². The Morgan fingerprint density at radius 3 is 1.97 bits per heavy atom. The van der Waals surface area contributed by atoms with Crippen molar-refractivity contribution in [2.24, 2.45) is 11.1 Å². The molecular formula is C25H32N4O. The van der Waals surface area contributed by atoms with Crippen molar-refractivity contribution in [3.8, 4) is 6.07 Å². The molecule has 1 amide bonds. The summed E-state index contributed by atoms with van der Waals surface area (Å²) in [6, 6.07) is 21.9. The molecule has 2 aromatic carbocycles. The number of nitrogens with zero attached hydrogens (tertiary/aromatic N) is 1. The first-order valence-electron chi connectivity index (χ1n) is 10.6. The van der Waals surface area contributed by atoms with Crippen LogP contribution in [0.15, 0.2) is 60.7 Å². The predicted octanol–water partition coefficient (Wildman–Crippen LogP) is 3.99. The first-order valence-corrected chi connectivity index (χ1v) is 10.6. The van der Waals surface area contributed by atoms with Crippen LogP contribution in [-0.2, 0) is 4.79 Å². The van der Waals surface area contributed by atoms with Crippen molar-refractivity contribution in [1.82, 2.24) is 10.6 Å². The third kappa shape index (κ3) is 5.47. The standard InChI is InChI=1S/C25H32N4O/c1-24(2,3)14-20(27)23(30)29-25(17-26)15-21(18-10-6-4-7-11-18)28-22(16-25)19-12-8-5-9-13-19/h4-13,20-22,28H,14-16,27H2,1-3H3,(H,29,30). The number of amides is 1. The number of nitrogens with two attached hydrogens (primary N) is 1. The van der Waals surface area contributed by atoms with Gasteiger partial charge in [-0.25, -0.2) is 0 Å². The van der Waals surface area contributed by atoms with Crippen LogP contribution >= 0.6 is 0 Å². The quantitative estimate of drug-likeness (QED) is 0.703. The van der Waals surface area contributed by atoms with E-state index in [4.69, 9.17) is 5.73 Å². The van der Waals surface area contributed by atoms with Crippen molar-refractivity contribution in [3.63, 3.8) is 0 Å². The number of carbonyl (C=O) groups is 1. The molecule has 0 spiro atoms. The van der Waals surface area contributed by atoms with Gasteiger partial charge >= 0.3 is 0 Å². The summed E-state index contributed by atoms with van der Waals surface area (Å²) in [7, 11) is 0. The Labute approximate surface area is 179 Å². The predicted molar refractivity (Wildman–Crippen MR) is 119 cm³/mol. The molecule has 1 saturated heterocycles. The van der Waals surface area contributed by atoms with Gasteiger partial charge in [0.1, 0.15) is 5.54 Å². The third-order valence-electron chi connectivity index (χ3n) is 5.66. The van der Waals surface area contributed by atoms with Crippen LogP contribution in [0, 0.1) is 16.7 Å². The van der Waals surface area contributed by atoms with Crippen LogP contribution in [0.25, 0.3) is 0 Å². The van der Waals surface area contributed by atoms with E-state index in [2.05, 4.69) is 61.7 Å². The number of carbonyl (C=O) groups excluding carboxylic acids is 1. The van der Waals surface area contributed by atoms with Crippen molar-refractivity contribution in [2.45, 2.75) is 63.7 Å². The number of hydrogen-bond acceptors (Lipinski definition) is 4. The fourth-order valence-corrected chi connectivity index (χ4v) is 4.24.